The van der Waals surface area contributed by atoms with Gasteiger partial charge in [-0.25, -0.2) is 4.79 Å². The molecule has 2 nitrogen and oxygen atoms in total. The van der Waals surface area contributed by atoms with Crippen molar-refractivity contribution < 1.29 is 9.53 Å². The Hall–Kier alpha value is -0.790. The quantitative estimate of drug-likeness (QED) is 0.139. The maximum absolute atomic E-state index is 11.4. The molecule has 0 N–H and O–H groups in total. The van der Waals surface area contributed by atoms with Crippen molar-refractivity contribution in [1.29, 1.82) is 0 Å². The van der Waals surface area contributed by atoms with Gasteiger partial charge in [0.15, 0.2) is 0 Å². The van der Waals surface area contributed by atoms with Crippen molar-refractivity contribution in [3.05, 3.63) is 12.2 Å². The zero-order valence-corrected chi connectivity index (χ0v) is 18.3. The van der Waals surface area contributed by atoms with Gasteiger partial charge in [0.2, 0.25) is 0 Å². The maximum Gasteiger partial charge on any atom is 0.333 e. The lowest BCUT2D eigenvalue weighted by molar-refractivity contribution is -0.139. The number of carbonyl (C=O) groups is 1. The van der Waals surface area contributed by atoms with Crippen LogP contribution in [0.3, 0.4) is 0 Å². The summed E-state index contributed by atoms with van der Waals surface area (Å²) in [6.45, 7) is 12.7. The van der Waals surface area contributed by atoms with Gasteiger partial charge in [-0.15, -0.1) is 0 Å². The number of esters is 1. The van der Waals surface area contributed by atoms with Crippen LogP contribution in [-0.2, 0) is 9.53 Å². The lowest BCUT2D eigenvalue weighted by Gasteiger charge is -2.24. The summed E-state index contributed by atoms with van der Waals surface area (Å²) in [6.07, 6.45) is 20.3. The average molecular weight is 367 g/mol. The number of rotatable bonds is 18. The van der Waals surface area contributed by atoms with E-state index in [0.717, 1.165) is 6.42 Å². The molecule has 0 bridgehead atoms. The van der Waals surface area contributed by atoms with E-state index in [4.69, 9.17) is 4.74 Å². The molecule has 154 valence electrons. The Bertz CT molecular complexity index is 357. The van der Waals surface area contributed by atoms with Crippen molar-refractivity contribution in [2.75, 3.05) is 6.61 Å². The van der Waals surface area contributed by atoms with Gasteiger partial charge in [-0.05, 0) is 25.2 Å². The summed E-state index contributed by atoms with van der Waals surface area (Å²) in [6, 6.07) is 0. The Morgan fingerprint density at radius 3 is 1.62 bits per heavy atom. The molecule has 0 aromatic rings. The van der Waals surface area contributed by atoms with E-state index < -0.39 is 0 Å². The minimum absolute atomic E-state index is 0.257. The monoisotopic (exact) mass is 366 g/mol. The molecule has 0 rings (SSSR count). The third kappa shape index (κ3) is 16.7. The Balaban J connectivity index is 3.39. The molecule has 2 heteroatoms. The molecule has 0 aliphatic heterocycles. The second-order valence-corrected chi connectivity index (χ2v) is 8.82. The molecule has 0 saturated heterocycles. The SMILES string of the molecule is C=C(C)C(=O)OCCC(C)(C)CCCCCCCCCCCCCCC. The van der Waals surface area contributed by atoms with Crippen LogP contribution in [0.1, 0.15) is 124 Å². The number of unbranched alkanes of at least 4 members (excludes halogenated alkanes) is 12. The van der Waals surface area contributed by atoms with Crippen LogP contribution in [0, 0.1) is 5.41 Å². The number of carbonyl (C=O) groups excluding carboxylic acids is 1. The molecule has 0 amide bonds. The molecule has 0 radical (unpaired) electrons. The first-order valence-electron chi connectivity index (χ1n) is 11.2. The molecule has 0 fully saturated rings. The fourth-order valence-electron chi connectivity index (χ4n) is 3.29. The van der Waals surface area contributed by atoms with E-state index in [9.17, 15) is 4.79 Å². The van der Waals surface area contributed by atoms with Crippen molar-refractivity contribution in [1.82, 2.24) is 0 Å². The molecule has 0 aliphatic rings. The van der Waals surface area contributed by atoms with Crippen LogP contribution < -0.4 is 0 Å². The van der Waals surface area contributed by atoms with E-state index in [0.29, 0.717) is 12.2 Å². The van der Waals surface area contributed by atoms with Crippen LogP contribution >= 0.6 is 0 Å². The van der Waals surface area contributed by atoms with Crippen LogP contribution in [0.4, 0.5) is 0 Å². The van der Waals surface area contributed by atoms with Gasteiger partial charge in [-0.2, -0.15) is 0 Å². The van der Waals surface area contributed by atoms with Crippen LogP contribution in [0.5, 0.6) is 0 Å². The Kier molecular flexibility index (Phi) is 15.9. The van der Waals surface area contributed by atoms with Crippen LogP contribution in [0.15, 0.2) is 12.2 Å². The Morgan fingerprint density at radius 2 is 1.19 bits per heavy atom. The molecule has 0 atom stereocenters. The second-order valence-electron chi connectivity index (χ2n) is 8.82. The van der Waals surface area contributed by atoms with E-state index in [1.165, 1.54) is 89.9 Å². The highest BCUT2D eigenvalue weighted by atomic mass is 16.5. The first-order chi connectivity index (χ1) is 12.4. The largest absolute Gasteiger partial charge is 0.462 e. The molecule has 0 spiro atoms. The van der Waals surface area contributed by atoms with Gasteiger partial charge in [0.05, 0.1) is 6.61 Å². The minimum Gasteiger partial charge on any atom is -0.462 e. The van der Waals surface area contributed by atoms with Crippen LogP contribution in [0.25, 0.3) is 0 Å². The summed E-state index contributed by atoms with van der Waals surface area (Å²) in [5.74, 6) is -0.262. The van der Waals surface area contributed by atoms with Gasteiger partial charge in [0, 0.05) is 5.57 Å². The van der Waals surface area contributed by atoms with E-state index in [1.54, 1.807) is 6.92 Å². The first kappa shape index (κ1) is 25.2. The van der Waals surface area contributed by atoms with Crippen molar-refractivity contribution in [3.8, 4) is 0 Å². The molecular formula is C24H46O2. The highest BCUT2D eigenvalue weighted by molar-refractivity contribution is 5.86. The first-order valence-corrected chi connectivity index (χ1v) is 11.2. The number of hydrogen-bond donors (Lipinski definition) is 0. The van der Waals surface area contributed by atoms with Gasteiger partial charge in [-0.1, -0.05) is 111 Å². The molecule has 26 heavy (non-hydrogen) atoms. The molecular weight excluding hydrogens is 320 g/mol. The van der Waals surface area contributed by atoms with Gasteiger partial charge in [0.25, 0.3) is 0 Å². The second kappa shape index (κ2) is 16.4. The Labute approximate surface area is 164 Å². The number of hydrogen-bond acceptors (Lipinski definition) is 2. The molecule has 0 unspecified atom stereocenters. The van der Waals surface area contributed by atoms with E-state index in [1.807, 2.05) is 0 Å². The summed E-state index contributed by atoms with van der Waals surface area (Å²) in [5.41, 5.74) is 0.743. The fourth-order valence-corrected chi connectivity index (χ4v) is 3.29. The maximum atomic E-state index is 11.4. The van der Waals surface area contributed by atoms with Crippen molar-refractivity contribution in [2.45, 2.75) is 124 Å². The van der Waals surface area contributed by atoms with Gasteiger partial charge < -0.3 is 4.74 Å². The topological polar surface area (TPSA) is 26.3 Å². The molecule has 0 aliphatic carbocycles. The van der Waals surface area contributed by atoms with Crippen molar-refractivity contribution in [3.63, 3.8) is 0 Å². The third-order valence-corrected chi connectivity index (χ3v) is 5.32. The summed E-state index contributed by atoms with van der Waals surface area (Å²) < 4.78 is 5.22. The van der Waals surface area contributed by atoms with E-state index >= 15 is 0 Å². The van der Waals surface area contributed by atoms with Gasteiger partial charge in [-0.3, -0.25) is 0 Å². The van der Waals surface area contributed by atoms with Gasteiger partial charge in [0.1, 0.15) is 0 Å². The van der Waals surface area contributed by atoms with Crippen LogP contribution in [-0.4, -0.2) is 12.6 Å². The lowest BCUT2D eigenvalue weighted by Crippen LogP contribution is -2.16. The van der Waals surface area contributed by atoms with E-state index in [-0.39, 0.29) is 11.4 Å². The predicted molar refractivity (Wildman–Crippen MR) is 114 cm³/mol. The summed E-state index contributed by atoms with van der Waals surface area (Å²) in [7, 11) is 0. The lowest BCUT2D eigenvalue weighted by atomic mass is 9.84. The molecule has 0 aromatic carbocycles. The third-order valence-electron chi connectivity index (χ3n) is 5.32. The molecule has 0 saturated carbocycles. The smallest absolute Gasteiger partial charge is 0.333 e. The predicted octanol–water partition coefficient (Wildman–Crippen LogP) is 8.00. The van der Waals surface area contributed by atoms with E-state index in [2.05, 4.69) is 27.4 Å². The zero-order valence-electron chi connectivity index (χ0n) is 18.3. The zero-order chi connectivity index (χ0) is 19.7. The summed E-state index contributed by atoms with van der Waals surface area (Å²) in [4.78, 5) is 11.4. The van der Waals surface area contributed by atoms with Crippen molar-refractivity contribution >= 4 is 5.97 Å². The highest BCUT2D eigenvalue weighted by Gasteiger charge is 2.18. The Morgan fingerprint density at radius 1 is 0.769 bits per heavy atom. The normalized spacial score (nSPS) is 11.5. The average Bonchev–Trinajstić information content (AvgIpc) is 2.58. The van der Waals surface area contributed by atoms with Gasteiger partial charge >= 0.3 is 5.97 Å². The summed E-state index contributed by atoms with van der Waals surface area (Å²) in [5, 5.41) is 0. The van der Waals surface area contributed by atoms with Crippen LogP contribution in [0.2, 0.25) is 0 Å². The fraction of sp³-hybridized carbons (Fsp3) is 0.875. The highest BCUT2D eigenvalue weighted by Crippen LogP contribution is 2.28. The van der Waals surface area contributed by atoms with Crippen molar-refractivity contribution in [2.24, 2.45) is 5.41 Å². The molecule has 0 heterocycles. The summed E-state index contributed by atoms with van der Waals surface area (Å²) >= 11 is 0. The minimum atomic E-state index is -0.262. The standard InChI is InChI=1S/C24H46O2/c1-6-7-8-9-10-11-12-13-14-15-16-17-18-19-24(4,5)20-21-26-23(25)22(2)3/h2,6-21H2,1,3-5H3. The number of ether oxygens (including phenoxy) is 1. The molecule has 0 aromatic heterocycles.